The maximum Gasteiger partial charge on any atom is 0.133 e. The van der Waals surface area contributed by atoms with E-state index < -0.39 is 11.6 Å². The number of hydrogen-bond donors (Lipinski definition) is 1. The number of nitrogens with one attached hydrogen (secondary N) is 1. The number of ether oxygens (including phenoxy) is 2. The average molecular weight is 509 g/mol. The van der Waals surface area contributed by atoms with Gasteiger partial charge < -0.3 is 14.5 Å². The molecule has 2 aromatic carbocycles. The maximum atomic E-state index is 15.9. The fourth-order valence-corrected chi connectivity index (χ4v) is 6.82. The lowest BCUT2D eigenvalue weighted by Gasteiger charge is -2.46. The number of fused-ring (bicyclic) bond motifs is 3. The molecule has 1 N–H and O–H groups in total. The lowest BCUT2D eigenvalue weighted by molar-refractivity contribution is -0.117. The lowest BCUT2D eigenvalue weighted by atomic mass is 9.63. The Balaban J connectivity index is 1.34. The van der Waals surface area contributed by atoms with Gasteiger partial charge in [0.25, 0.3) is 0 Å². The summed E-state index contributed by atoms with van der Waals surface area (Å²) in [6.07, 6.45) is 4.08. The van der Waals surface area contributed by atoms with Crippen LogP contribution in [0.2, 0.25) is 0 Å². The summed E-state index contributed by atoms with van der Waals surface area (Å²) in [5.74, 6) is -0.736. The molecule has 37 heavy (non-hydrogen) atoms. The van der Waals surface area contributed by atoms with Crippen LogP contribution in [0.1, 0.15) is 62.8 Å². The monoisotopic (exact) mass is 508 g/mol. The summed E-state index contributed by atoms with van der Waals surface area (Å²) in [5.41, 5.74) is 3.40. The third-order valence-electron chi connectivity index (χ3n) is 8.89. The second-order valence-electron chi connectivity index (χ2n) is 12.0. The molecule has 1 unspecified atom stereocenters. The lowest BCUT2D eigenvalue weighted by Crippen LogP contribution is -2.53. The molecule has 0 saturated carbocycles. The number of rotatable bonds is 8. The number of H-pyrrole nitrogens is 1. The zero-order valence-corrected chi connectivity index (χ0v) is 22.2. The molecule has 198 valence electrons. The second kappa shape index (κ2) is 9.70. The molecule has 3 aliphatic rings. The minimum Gasteiger partial charge on any atom is -0.488 e. The third kappa shape index (κ3) is 4.57. The summed E-state index contributed by atoms with van der Waals surface area (Å²) < 4.78 is 43.4. The first-order valence-electron chi connectivity index (χ1n) is 13.9. The number of benzene rings is 2. The Hall–Kier alpha value is -2.44. The van der Waals surface area contributed by atoms with Crippen molar-refractivity contribution in [3.63, 3.8) is 0 Å². The van der Waals surface area contributed by atoms with E-state index in [0.29, 0.717) is 13.2 Å². The summed E-state index contributed by atoms with van der Waals surface area (Å²) in [7, 11) is 0. The topological polar surface area (TPSA) is 37.5 Å². The zero-order chi connectivity index (χ0) is 25.7. The zero-order valence-electron chi connectivity index (χ0n) is 22.2. The van der Waals surface area contributed by atoms with Gasteiger partial charge in [-0.25, -0.2) is 8.78 Å². The van der Waals surface area contributed by atoms with Crippen molar-refractivity contribution in [1.29, 1.82) is 0 Å². The molecule has 2 aliphatic heterocycles. The van der Waals surface area contributed by atoms with Crippen LogP contribution >= 0.6 is 0 Å². The number of para-hydroxylation sites is 1. The maximum absolute atomic E-state index is 15.9. The highest BCUT2D eigenvalue weighted by molar-refractivity contribution is 5.85. The van der Waals surface area contributed by atoms with E-state index in [1.807, 2.05) is 12.1 Å². The van der Waals surface area contributed by atoms with E-state index in [0.717, 1.165) is 61.9 Å². The fourth-order valence-electron chi connectivity index (χ4n) is 6.82. The van der Waals surface area contributed by atoms with E-state index in [2.05, 4.69) is 42.8 Å². The molecule has 0 spiro atoms. The normalized spacial score (nSPS) is 25.5. The summed E-state index contributed by atoms with van der Waals surface area (Å²) in [6, 6.07) is 11.0. The van der Waals surface area contributed by atoms with Crippen LogP contribution in [0.25, 0.3) is 10.9 Å². The average Bonchev–Trinajstić information content (AvgIpc) is 3.18. The Morgan fingerprint density at radius 2 is 1.86 bits per heavy atom. The molecule has 0 radical (unpaired) electrons. The van der Waals surface area contributed by atoms with Crippen LogP contribution in [0.4, 0.5) is 8.78 Å². The van der Waals surface area contributed by atoms with Gasteiger partial charge in [-0.3, -0.25) is 4.90 Å². The van der Waals surface area contributed by atoms with Crippen molar-refractivity contribution in [3.8, 4) is 5.75 Å². The molecule has 4 nitrogen and oxygen atoms in total. The van der Waals surface area contributed by atoms with Crippen molar-refractivity contribution >= 4 is 10.9 Å². The molecule has 2 fully saturated rings. The van der Waals surface area contributed by atoms with Crippen LogP contribution in [0.5, 0.6) is 5.75 Å². The van der Waals surface area contributed by atoms with E-state index >= 15 is 8.78 Å². The second-order valence-corrected chi connectivity index (χ2v) is 12.0. The molecule has 6 rings (SSSR count). The summed E-state index contributed by atoms with van der Waals surface area (Å²) >= 11 is 0. The van der Waals surface area contributed by atoms with E-state index in [1.54, 1.807) is 0 Å². The highest BCUT2D eigenvalue weighted by atomic mass is 19.1. The number of hydrogen-bond acceptors (Lipinski definition) is 3. The van der Waals surface area contributed by atoms with Gasteiger partial charge in [0, 0.05) is 58.7 Å². The predicted octanol–water partition coefficient (Wildman–Crippen LogP) is 6.68. The van der Waals surface area contributed by atoms with Crippen LogP contribution in [0.15, 0.2) is 36.4 Å². The van der Waals surface area contributed by atoms with Gasteiger partial charge in [-0.15, -0.1) is 0 Å². The minimum absolute atomic E-state index is 0.0113. The van der Waals surface area contributed by atoms with Crippen molar-refractivity contribution in [2.75, 3.05) is 32.8 Å². The van der Waals surface area contributed by atoms with Gasteiger partial charge in [-0.2, -0.15) is 0 Å². The Bertz CT molecular complexity index is 1250. The molecule has 0 bridgehead atoms. The van der Waals surface area contributed by atoms with Crippen LogP contribution in [-0.4, -0.2) is 48.8 Å². The Morgan fingerprint density at radius 3 is 2.54 bits per heavy atom. The van der Waals surface area contributed by atoms with Crippen molar-refractivity contribution in [3.05, 3.63) is 64.9 Å². The van der Waals surface area contributed by atoms with Gasteiger partial charge in [0.2, 0.25) is 0 Å². The number of aromatic amines is 1. The molecular formula is C31H38F2N2O2. The molecule has 3 atom stereocenters. The van der Waals surface area contributed by atoms with Crippen molar-refractivity contribution in [2.45, 2.75) is 58.5 Å². The predicted molar refractivity (Wildman–Crippen MR) is 142 cm³/mol. The standard InChI is InChI=1S/C31H38F2N2O2/c1-4-5-10-35-15-21(16-35)37-20-12-25(32)29(26(33)13-20)28-24(14-31(3)17-36-18-31)19(2)11-23-22-8-6-7-9-27(22)34-30(23)28/h6-9,12-13,19,21,24,28,34H,4-5,10-11,14-18H2,1-3H3/t19-,24?,28-/m1/s1. The van der Waals surface area contributed by atoms with Gasteiger partial charge in [-0.1, -0.05) is 45.4 Å². The molecular weight excluding hydrogens is 470 g/mol. The van der Waals surface area contributed by atoms with Gasteiger partial charge in [0.05, 0.1) is 13.2 Å². The Labute approximate surface area is 218 Å². The van der Waals surface area contributed by atoms with Gasteiger partial charge in [0.15, 0.2) is 0 Å². The highest BCUT2D eigenvalue weighted by Crippen LogP contribution is 2.52. The molecule has 3 aromatic rings. The van der Waals surface area contributed by atoms with Crippen molar-refractivity contribution < 1.29 is 18.3 Å². The largest absolute Gasteiger partial charge is 0.488 e. The number of nitrogens with zero attached hydrogens (tertiary/aromatic N) is 1. The number of unbranched alkanes of at least 4 members (excludes halogenated alkanes) is 1. The SMILES string of the molecule is CCCCN1CC(Oc2cc(F)c([C@@H]3c4[nH]c5ccccc5c4C[C@@H](C)C3CC3(C)COC3)c(F)c2)C1. The molecule has 1 aromatic heterocycles. The first kappa shape index (κ1) is 24.9. The quantitative estimate of drug-likeness (QED) is 0.369. The van der Waals surface area contributed by atoms with Crippen LogP contribution < -0.4 is 4.74 Å². The van der Waals surface area contributed by atoms with Crippen molar-refractivity contribution in [1.82, 2.24) is 9.88 Å². The van der Waals surface area contributed by atoms with Gasteiger partial charge in [-0.05, 0) is 49.3 Å². The number of aromatic nitrogens is 1. The first-order valence-corrected chi connectivity index (χ1v) is 13.9. The fraction of sp³-hybridized carbons (Fsp3) is 0.548. The van der Waals surface area contributed by atoms with E-state index in [9.17, 15) is 0 Å². The molecule has 3 heterocycles. The van der Waals surface area contributed by atoms with Gasteiger partial charge >= 0.3 is 0 Å². The van der Waals surface area contributed by atoms with Crippen LogP contribution in [-0.2, 0) is 11.2 Å². The molecule has 0 amide bonds. The minimum atomic E-state index is -0.513. The summed E-state index contributed by atoms with van der Waals surface area (Å²) in [4.78, 5) is 5.90. The number of halogens is 2. The molecule has 1 aliphatic carbocycles. The van der Waals surface area contributed by atoms with Gasteiger partial charge in [0.1, 0.15) is 23.5 Å². The third-order valence-corrected chi connectivity index (χ3v) is 8.89. The smallest absolute Gasteiger partial charge is 0.133 e. The Kier molecular flexibility index (Phi) is 6.52. The molecule has 6 heteroatoms. The summed E-state index contributed by atoms with van der Waals surface area (Å²) in [6.45, 7) is 10.7. The van der Waals surface area contributed by atoms with E-state index in [-0.39, 0.29) is 40.6 Å². The van der Waals surface area contributed by atoms with Crippen LogP contribution in [0, 0.1) is 28.9 Å². The number of likely N-dealkylation sites (tertiary alicyclic amines) is 1. The van der Waals surface area contributed by atoms with E-state index in [1.165, 1.54) is 17.7 Å². The first-order chi connectivity index (χ1) is 17.8. The van der Waals surface area contributed by atoms with Crippen molar-refractivity contribution in [2.24, 2.45) is 17.3 Å². The highest BCUT2D eigenvalue weighted by Gasteiger charge is 2.45. The van der Waals surface area contributed by atoms with E-state index in [4.69, 9.17) is 9.47 Å². The Morgan fingerprint density at radius 1 is 1.14 bits per heavy atom. The van der Waals surface area contributed by atoms with Crippen LogP contribution in [0.3, 0.4) is 0 Å². The summed E-state index contributed by atoms with van der Waals surface area (Å²) in [5, 5.41) is 1.16. The molecule has 2 saturated heterocycles.